The predicted octanol–water partition coefficient (Wildman–Crippen LogP) is 2.97. The van der Waals surface area contributed by atoms with Crippen LogP contribution in [0.3, 0.4) is 0 Å². The molecule has 1 saturated carbocycles. The van der Waals surface area contributed by atoms with Crippen LogP contribution < -0.4 is 9.47 Å². The zero-order valence-corrected chi connectivity index (χ0v) is 16.1. The molecule has 146 valence electrons. The first-order valence-electron chi connectivity index (χ1n) is 9.95. The molecule has 1 aromatic rings. The molecule has 0 spiro atoms. The molecule has 3 fully saturated rings. The highest BCUT2D eigenvalue weighted by atomic mass is 16.5. The number of hydrogen-bond acceptors (Lipinski definition) is 5. The molecule has 6 nitrogen and oxygen atoms in total. The van der Waals surface area contributed by atoms with Gasteiger partial charge in [-0.15, -0.1) is 0 Å². The molecule has 0 radical (unpaired) electrons. The average Bonchev–Trinajstić information content (AvgIpc) is 3.26. The van der Waals surface area contributed by atoms with Crippen molar-refractivity contribution >= 4 is 11.8 Å². The quantitative estimate of drug-likeness (QED) is 0.744. The molecule has 2 aliphatic heterocycles. The van der Waals surface area contributed by atoms with Crippen molar-refractivity contribution in [3.05, 3.63) is 23.8 Å². The number of amides is 2. The summed E-state index contributed by atoms with van der Waals surface area (Å²) in [6.07, 6.45) is 5.85. The summed E-state index contributed by atoms with van der Waals surface area (Å²) in [6.45, 7) is 1.26. The minimum Gasteiger partial charge on any atom is -0.497 e. The average molecular weight is 372 g/mol. The van der Waals surface area contributed by atoms with Gasteiger partial charge in [-0.1, -0.05) is 12.8 Å². The fourth-order valence-electron chi connectivity index (χ4n) is 5.00. The topological polar surface area (TPSA) is 59.1 Å². The first kappa shape index (κ1) is 18.3. The van der Waals surface area contributed by atoms with Gasteiger partial charge in [-0.25, -0.2) is 0 Å². The van der Waals surface area contributed by atoms with E-state index >= 15 is 0 Å². The fourth-order valence-corrected chi connectivity index (χ4v) is 5.00. The van der Waals surface area contributed by atoms with E-state index in [0.717, 1.165) is 62.1 Å². The lowest BCUT2D eigenvalue weighted by molar-refractivity contribution is -0.142. The van der Waals surface area contributed by atoms with E-state index in [1.807, 2.05) is 18.2 Å². The van der Waals surface area contributed by atoms with Crippen LogP contribution in [0.25, 0.3) is 0 Å². The van der Waals surface area contributed by atoms with Gasteiger partial charge in [0.15, 0.2) is 0 Å². The molecule has 3 aliphatic rings. The van der Waals surface area contributed by atoms with Crippen LogP contribution in [0.15, 0.2) is 18.2 Å². The Balaban J connectivity index is 1.56. The second-order valence-electron chi connectivity index (χ2n) is 7.82. The Morgan fingerprint density at radius 1 is 0.963 bits per heavy atom. The number of nitrogens with zero attached hydrogens (tertiary/aromatic N) is 2. The number of hydrogen-bond donors (Lipinski definition) is 0. The normalized spacial score (nSPS) is 28.5. The Kier molecular flexibility index (Phi) is 5.08. The maximum absolute atomic E-state index is 12.8. The van der Waals surface area contributed by atoms with E-state index in [0.29, 0.717) is 6.67 Å². The summed E-state index contributed by atoms with van der Waals surface area (Å²) in [6, 6.07) is 5.94. The van der Waals surface area contributed by atoms with Crippen molar-refractivity contribution in [3.8, 4) is 11.5 Å². The molecule has 1 aliphatic carbocycles. The van der Waals surface area contributed by atoms with Gasteiger partial charge < -0.3 is 9.47 Å². The van der Waals surface area contributed by atoms with Gasteiger partial charge in [0, 0.05) is 18.2 Å². The van der Waals surface area contributed by atoms with Crippen molar-refractivity contribution in [1.82, 2.24) is 9.80 Å². The summed E-state index contributed by atoms with van der Waals surface area (Å²) in [5, 5.41) is 0. The van der Waals surface area contributed by atoms with Gasteiger partial charge in [-0.05, 0) is 43.9 Å². The number of ether oxygens (including phenoxy) is 2. The number of carbonyl (C=O) groups excluding carboxylic acids is 2. The fraction of sp³-hybridized carbons (Fsp3) is 0.619. The third-order valence-corrected chi connectivity index (χ3v) is 6.42. The molecular weight excluding hydrogens is 344 g/mol. The van der Waals surface area contributed by atoms with E-state index in [2.05, 4.69) is 4.90 Å². The number of likely N-dealkylation sites (tertiary alicyclic amines) is 2. The molecule has 0 N–H and O–H groups in total. The van der Waals surface area contributed by atoms with Crippen LogP contribution >= 0.6 is 0 Å². The second-order valence-corrected chi connectivity index (χ2v) is 7.82. The maximum Gasteiger partial charge on any atom is 0.234 e. The molecule has 0 unspecified atom stereocenters. The Hall–Kier alpha value is -2.08. The lowest BCUT2D eigenvalue weighted by Gasteiger charge is -2.29. The summed E-state index contributed by atoms with van der Waals surface area (Å²) >= 11 is 0. The van der Waals surface area contributed by atoms with Crippen LogP contribution in [-0.4, -0.2) is 49.0 Å². The van der Waals surface area contributed by atoms with Gasteiger partial charge in [0.05, 0.1) is 32.7 Å². The molecule has 27 heavy (non-hydrogen) atoms. The van der Waals surface area contributed by atoms with Crippen molar-refractivity contribution in [3.63, 3.8) is 0 Å². The van der Waals surface area contributed by atoms with Gasteiger partial charge in [0.1, 0.15) is 11.5 Å². The first-order valence-corrected chi connectivity index (χ1v) is 9.95. The number of carbonyl (C=O) groups is 2. The molecular formula is C21H28N2O4. The van der Waals surface area contributed by atoms with Crippen LogP contribution in [0.5, 0.6) is 11.5 Å². The summed E-state index contributed by atoms with van der Waals surface area (Å²) in [5.74, 6) is 1.51. The van der Waals surface area contributed by atoms with Gasteiger partial charge in [-0.3, -0.25) is 19.4 Å². The zero-order chi connectivity index (χ0) is 19.0. The smallest absolute Gasteiger partial charge is 0.234 e. The van der Waals surface area contributed by atoms with Crippen LogP contribution in [0, 0.1) is 11.8 Å². The highest BCUT2D eigenvalue weighted by Crippen LogP contribution is 2.41. The summed E-state index contributed by atoms with van der Waals surface area (Å²) in [5.41, 5.74) is 1.06. The van der Waals surface area contributed by atoms with E-state index in [-0.39, 0.29) is 29.7 Å². The Labute approximate surface area is 160 Å². The van der Waals surface area contributed by atoms with E-state index in [1.165, 1.54) is 4.90 Å². The van der Waals surface area contributed by atoms with Gasteiger partial charge in [0.2, 0.25) is 11.8 Å². The van der Waals surface area contributed by atoms with Gasteiger partial charge >= 0.3 is 0 Å². The molecule has 6 heteroatoms. The van der Waals surface area contributed by atoms with Crippen molar-refractivity contribution in [2.45, 2.75) is 44.6 Å². The van der Waals surface area contributed by atoms with Crippen LogP contribution in [0.2, 0.25) is 0 Å². The molecule has 1 aromatic carbocycles. The Morgan fingerprint density at radius 2 is 1.67 bits per heavy atom. The second kappa shape index (κ2) is 7.50. The Morgan fingerprint density at radius 3 is 2.30 bits per heavy atom. The van der Waals surface area contributed by atoms with Gasteiger partial charge in [0.25, 0.3) is 0 Å². The zero-order valence-electron chi connectivity index (χ0n) is 16.1. The number of methoxy groups -OCH3 is 2. The van der Waals surface area contributed by atoms with Crippen molar-refractivity contribution in [2.24, 2.45) is 11.8 Å². The standard InChI is InChI=1S/C21H28N2O4/c1-26-14-9-10-19(27-2)17(12-14)18-8-5-11-22(18)13-23-20(24)15-6-3-4-7-16(15)21(23)25/h9-10,12,15-16,18H,3-8,11,13H2,1-2H3/t15-,16+,18-/m1/s1. The van der Waals surface area contributed by atoms with E-state index in [9.17, 15) is 9.59 Å². The summed E-state index contributed by atoms with van der Waals surface area (Å²) < 4.78 is 11.0. The summed E-state index contributed by atoms with van der Waals surface area (Å²) in [4.78, 5) is 29.4. The molecule has 2 heterocycles. The third kappa shape index (κ3) is 3.20. The molecule has 2 saturated heterocycles. The van der Waals surface area contributed by atoms with E-state index < -0.39 is 0 Å². The lowest BCUT2D eigenvalue weighted by atomic mass is 9.81. The first-order chi connectivity index (χ1) is 13.1. The number of rotatable bonds is 5. The van der Waals surface area contributed by atoms with Crippen LogP contribution in [0.1, 0.15) is 50.1 Å². The van der Waals surface area contributed by atoms with Crippen molar-refractivity contribution < 1.29 is 19.1 Å². The summed E-state index contributed by atoms with van der Waals surface area (Å²) in [7, 11) is 3.32. The molecule has 0 bridgehead atoms. The molecule has 4 rings (SSSR count). The third-order valence-electron chi connectivity index (χ3n) is 6.42. The SMILES string of the molecule is COc1ccc(OC)c([C@H]2CCCN2CN2C(=O)[C@H]3CCCC[C@H]3C2=O)c1. The number of benzene rings is 1. The van der Waals surface area contributed by atoms with E-state index in [4.69, 9.17) is 9.47 Å². The highest BCUT2D eigenvalue weighted by molar-refractivity contribution is 6.05. The van der Waals surface area contributed by atoms with Gasteiger partial charge in [-0.2, -0.15) is 0 Å². The van der Waals surface area contributed by atoms with E-state index in [1.54, 1.807) is 14.2 Å². The number of fused-ring (bicyclic) bond motifs is 1. The van der Waals surface area contributed by atoms with Crippen LogP contribution in [-0.2, 0) is 9.59 Å². The lowest BCUT2D eigenvalue weighted by Crippen LogP contribution is -2.41. The molecule has 2 amide bonds. The monoisotopic (exact) mass is 372 g/mol. The maximum atomic E-state index is 12.8. The predicted molar refractivity (Wildman–Crippen MR) is 100 cm³/mol. The van der Waals surface area contributed by atoms with Crippen molar-refractivity contribution in [1.29, 1.82) is 0 Å². The minimum atomic E-state index is -0.0846. The van der Waals surface area contributed by atoms with Crippen molar-refractivity contribution in [2.75, 3.05) is 27.4 Å². The Bertz CT molecular complexity index is 711. The van der Waals surface area contributed by atoms with Crippen LogP contribution in [0.4, 0.5) is 0 Å². The molecule has 3 atom stereocenters. The largest absolute Gasteiger partial charge is 0.497 e. The highest BCUT2D eigenvalue weighted by Gasteiger charge is 2.49. The minimum absolute atomic E-state index is 0.0351. The number of imide groups is 1. The molecule has 0 aromatic heterocycles.